The minimum atomic E-state index is -0.260. The van der Waals surface area contributed by atoms with Gasteiger partial charge >= 0.3 is 0 Å². The highest BCUT2D eigenvalue weighted by Gasteiger charge is 2.56. The summed E-state index contributed by atoms with van der Waals surface area (Å²) in [5.74, 6) is 0.618. The van der Waals surface area contributed by atoms with Crippen LogP contribution in [-0.4, -0.2) is 53.9 Å². The second kappa shape index (κ2) is 6.46. The number of piperidine rings is 1. The van der Waals surface area contributed by atoms with Crippen molar-refractivity contribution >= 4 is 5.91 Å². The first-order valence-electron chi connectivity index (χ1n) is 8.90. The highest BCUT2D eigenvalue weighted by molar-refractivity contribution is 5.76. The molecule has 3 fully saturated rings. The summed E-state index contributed by atoms with van der Waals surface area (Å²) in [4.78, 5) is 14.5. The van der Waals surface area contributed by atoms with Crippen LogP contribution in [0.2, 0.25) is 0 Å². The molecule has 2 unspecified atom stereocenters. The van der Waals surface area contributed by atoms with Gasteiger partial charge in [0.05, 0.1) is 12.2 Å². The Morgan fingerprint density at radius 3 is 2.64 bits per heavy atom. The number of amides is 1. The lowest BCUT2D eigenvalue weighted by Crippen LogP contribution is -2.62. The van der Waals surface area contributed by atoms with Crippen LogP contribution in [0.25, 0.3) is 0 Å². The molecule has 1 aliphatic heterocycles. The minimum absolute atomic E-state index is 0.101. The van der Waals surface area contributed by atoms with Crippen LogP contribution in [0.3, 0.4) is 0 Å². The Morgan fingerprint density at radius 2 is 2.09 bits per heavy atom. The van der Waals surface area contributed by atoms with E-state index in [4.69, 9.17) is 10.5 Å². The molecule has 5 heteroatoms. The molecule has 2 saturated carbocycles. The molecule has 0 aromatic rings. The van der Waals surface area contributed by atoms with Crippen LogP contribution >= 0.6 is 0 Å². The zero-order valence-corrected chi connectivity index (χ0v) is 13.7. The molecule has 0 aromatic carbocycles. The molecule has 4 atom stereocenters. The summed E-state index contributed by atoms with van der Waals surface area (Å²) < 4.78 is 5.78. The third-order valence-corrected chi connectivity index (χ3v) is 6.31. The molecule has 3 rings (SSSR count). The smallest absolute Gasteiger partial charge is 0.222 e. The van der Waals surface area contributed by atoms with Gasteiger partial charge in [-0.25, -0.2) is 0 Å². The van der Waals surface area contributed by atoms with E-state index in [1.807, 2.05) is 11.8 Å². The molecule has 0 bridgehead atoms. The number of nitrogens with zero attached hydrogens (tertiary/aromatic N) is 1. The number of ether oxygens (including phenoxy) is 1. The number of likely N-dealkylation sites (tertiary alicyclic amines) is 1. The molecule has 3 N–H and O–H groups in total. The first-order valence-corrected chi connectivity index (χ1v) is 8.90. The van der Waals surface area contributed by atoms with E-state index < -0.39 is 0 Å². The van der Waals surface area contributed by atoms with Gasteiger partial charge in [0.25, 0.3) is 0 Å². The third kappa shape index (κ3) is 2.79. The SMILES string of the molecule is CCOC1CC(O)C12CCN(C(=O)C[C@@H]1CCC[C@H]1N)CC2. The quantitative estimate of drug-likeness (QED) is 0.820. The van der Waals surface area contributed by atoms with Crippen LogP contribution in [0.1, 0.15) is 51.9 Å². The molecule has 0 aromatic heterocycles. The van der Waals surface area contributed by atoms with Crippen molar-refractivity contribution in [3.63, 3.8) is 0 Å². The number of nitrogens with two attached hydrogens (primary N) is 1. The van der Waals surface area contributed by atoms with Gasteiger partial charge in [-0.1, -0.05) is 6.42 Å². The fraction of sp³-hybridized carbons (Fsp3) is 0.941. The lowest BCUT2D eigenvalue weighted by Gasteiger charge is -2.56. The molecular formula is C17H30N2O3. The first kappa shape index (κ1) is 16.2. The topological polar surface area (TPSA) is 75.8 Å². The zero-order valence-electron chi connectivity index (χ0n) is 13.7. The van der Waals surface area contributed by atoms with E-state index in [2.05, 4.69) is 0 Å². The normalized spacial score (nSPS) is 37.3. The van der Waals surface area contributed by atoms with E-state index in [1.165, 1.54) is 0 Å². The van der Waals surface area contributed by atoms with E-state index in [-0.39, 0.29) is 29.6 Å². The van der Waals surface area contributed by atoms with Gasteiger partial charge in [0, 0.05) is 44.0 Å². The maximum absolute atomic E-state index is 12.5. The van der Waals surface area contributed by atoms with Crippen molar-refractivity contribution in [3.8, 4) is 0 Å². The van der Waals surface area contributed by atoms with Gasteiger partial charge in [-0.2, -0.15) is 0 Å². The first-order chi connectivity index (χ1) is 10.6. The largest absolute Gasteiger partial charge is 0.392 e. The molecule has 1 saturated heterocycles. The van der Waals surface area contributed by atoms with Crippen LogP contribution < -0.4 is 5.73 Å². The Morgan fingerprint density at radius 1 is 1.36 bits per heavy atom. The number of hydrogen-bond donors (Lipinski definition) is 2. The Bertz CT molecular complexity index is 405. The van der Waals surface area contributed by atoms with Gasteiger partial charge in [-0.15, -0.1) is 0 Å². The lowest BCUT2D eigenvalue weighted by atomic mass is 9.58. The molecule has 126 valence electrons. The molecule has 22 heavy (non-hydrogen) atoms. The van der Waals surface area contributed by atoms with Gasteiger partial charge < -0.3 is 20.5 Å². The highest BCUT2D eigenvalue weighted by Crippen LogP contribution is 2.51. The Balaban J connectivity index is 1.52. The van der Waals surface area contributed by atoms with Crippen LogP contribution in [0.15, 0.2) is 0 Å². The number of rotatable bonds is 4. The monoisotopic (exact) mass is 310 g/mol. The minimum Gasteiger partial charge on any atom is -0.392 e. The zero-order chi connectivity index (χ0) is 15.7. The molecule has 2 aliphatic carbocycles. The van der Waals surface area contributed by atoms with Crippen molar-refractivity contribution in [1.29, 1.82) is 0 Å². The molecule has 0 radical (unpaired) electrons. The summed E-state index contributed by atoms with van der Waals surface area (Å²) in [7, 11) is 0. The summed E-state index contributed by atoms with van der Waals surface area (Å²) in [6.07, 6.45) is 6.30. The second-order valence-electron chi connectivity index (χ2n) is 7.37. The predicted octanol–water partition coefficient (Wildman–Crippen LogP) is 1.28. The third-order valence-electron chi connectivity index (χ3n) is 6.31. The van der Waals surface area contributed by atoms with Crippen LogP contribution in [0.4, 0.5) is 0 Å². The van der Waals surface area contributed by atoms with Crippen LogP contribution in [0.5, 0.6) is 0 Å². The van der Waals surface area contributed by atoms with Crippen LogP contribution in [0, 0.1) is 11.3 Å². The molecule has 5 nitrogen and oxygen atoms in total. The number of carbonyl (C=O) groups excluding carboxylic acids is 1. The van der Waals surface area contributed by atoms with Crippen molar-refractivity contribution in [2.75, 3.05) is 19.7 Å². The molecular weight excluding hydrogens is 280 g/mol. The van der Waals surface area contributed by atoms with Gasteiger partial charge in [0.2, 0.25) is 5.91 Å². The van der Waals surface area contributed by atoms with E-state index >= 15 is 0 Å². The van der Waals surface area contributed by atoms with Gasteiger partial charge in [0.1, 0.15) is 0 Å². The van der Waals surface area contributed by atoms with E-state index in [1.54, 1.807) is 0 Å². The summed E-state index contributed by atoms with van der Waals surface area (Å²) in [5, 5.41) is 10.2. The maximum Gasteiger partial charge on any atom is 0.222 e. The average molecular weight is 310 g/mol. The maximum atomic E-state index is 12.5. The molecule has 1 amide bonds. The summed E-state index contributed by atoms with van der Waals surface area (Å²) in [5.41, 5.74) is 5.98. The summed E-state index contributed by atoms with van der Waals surface area (Å²) >= 11 is 0. The van der Waals surface area contributed by atoms with E-state index in [0.29, 0.717) is 18.9 Å². The Labute approximate surface area is 133 Å². The highest BCUT2D eigenvalue weighted by atomic mass is 16.5. The summed E-state index contributed by atoms with van der Waals surface area (Å²) in [6.45, 7) is 4.20. The van der Waals surface area contributed by atoms with Gasteiger partial charge in [0.15, 0.2) is 0 Å². The molecule has 1 spiro atoms. The van der Waals surface area contributed by atoms with E-state index in [9.17, 15) is 9.90 Å². The Kier molecular flexibility index (Phi) is 4.76. The van der Waals surface area contributed by atoms with Gasteiger partial charge in [-0.3, -0.25) is 4.79 Å². The van der Waals surface area contributed by atoms with Crippen molar-refractivity contribution < 1.29 is 14.6 Å². The number of aliphatic hydroxyl groups excluding tert-OH is 1. The number of hydrogen-bond acceptors (Lipinski definition) is 4. The fourth-order valence-corrected chi connectivity index (χ4v) is 4.66. The van der Waals surface area contributed by atoms with Crippen molar-refractivity contribution in [2.24, 2.45) is 17.1 Å². The van der Waals surface area contributed by atoms with Crippen molar-refractivity contribution in [2.45, 2.75) is 70.1 Å². The average Bonchev–Trinajstić information content (AvgIpc) is 2.92. The predicted molar refractivity (Wildman–Crippen MR) is 84.2 cm³/mol. The number of carbonyl (C=O) groups is 1. The molecule has 1 heterocycles. The van der Waals surface area contributed by atoms with Gasteiger partial charge in [-0.05, 0) is 38.5 Å². The second-order valence-corrected chi connectivity index (χ2v) is 7.37. The molecule has 3 aliphatic rings. The standard InChI is InChI=1S/C17H30N2O3/c1-2-22-15-11-14(20)17(15)6-8-19(9-7-17)16(21)10-12-4-3-5-13(12)18/h12-15,20H,2-11,18H2,1H3/t12-,13+,14?,15?/m0/s1. The summed E-state index contributed by atoms with van der Waals surface area (Å²) in [6, 6.07) is 0.205. The number of aliphatic hydroxyl groups is 1. The Hall–Kier alpha value is -0.650. The lowest BCUT2D eigenvalue weighted by molar-refractivity contribution is -0.210. The van der Waals surface area contributed by atoms with Crippen molar-refractivity contribution in [1.82, 2.24) is 4.90 Å². The fourth-order valence-electron chi connectivity index (χ4n) is 4.66. The van der Waals surface area contributed by atoms with Crippen LogP contribution in [-0.2, 0) is 9.53 Å². The van der Waals surface area contributed by atoms with Crippen molar-refractivity contribution in [3.05, 3.63) is 0 Å². The van der Waals surface area contributed by atoms with E-state index in [0.717, 1.165) is 51.6 Å².